The van der Waals surface area contributed by atoms with Crippen molar-refractivity contribution in [3.63, 3.8) is 0 Å². The number of benzene rings is 2. The van der Waals surface area contributed by atoms with Crippen LogP contribution in [0.5, 0.6) is 0 Å². The van der Waals surface area contributed by atoms with E-state index in [2.05, 4.69) is 35.1 Å². The maximum atomic E-state index is 13.5. The molecule has 0 bridgehead atoms. The van der Waals surface area contributed by atoms with E-state index in [0.717, 1.165) is 28.8 Å². The smallest absolute Gasteiger partial charge is 0.274 e. The lowest BCUT2D eigenvalue weighted by atomic mass is 9.93. The fraction of sp³-hybridized carbons (Fsp3) is 0.308. The van der Waals surface area contributed by atoms with Crippen molar-refractivity contribution in [3.8, 4) is 11.1 Å². The number of amides is 2. The highest BCUT2D eigenvalue weighted by atomic mass is 16.2. The number of rotatable bonds is 6. The molecule has 6 nitrogen and oxygen atoms in total. The Morgan fingerprint density at radius 3 is 2.47 bits per heavy atom. The summed E-state index contributed by atoms with van der Waals surface area (Å²) in [5, 5.41) is 0. The molecule has 2 heterocycles. The fourth-order valence-corrected chi connectivity index (χ4v) is 4.23. The van der Waals surface area contributed by atoms with Gasteiger partial charge in [-0.1, -0.05) is 61.5 Å². The number of nitrogens with zero attached hydrogens (tertiary/aromatic N) is 4. The van der Waals surface area contributed by atoms with Crippen molar-refractivity contribution >= 4 is 11.8 Å². The third-order valence-electron chi connectivity index (χ3n) is 5.85. The first-order valence-corrected chi connectivity index (χ1v) is 11.1. The number of hydrogen-bond acceptors (Lipinski definition) is 4. The summed E-state index contributed by atoms with van der Waals surface area (Å²) in [7, 11) is 0. The Morgan fingerprint density at radius 1 is 1.00 bits per heavy atom. The van der Waals surface area contributed by atoms with Crippen LogP contribution in [-0.4, -0.2) is 57.3 Å². The van der Waals surface area contributed by atoms with Crippen molar-refractivity contribution in [3.05, 3.63) is 83.9 Å². The summed E-state index contributed by atoms with van der Waals surface area (Å²) < 4.78 is 0. The van der Waals surface area contributed by atoms with Gasteiger partial charge in [-0.05, 0) is 30.0 Å². The second kappa shape index (κ2) is 9.73. The van der Waals surface area contributed by atoms with Gasteiger partial charge in [0.05, 0.1) is 11.9 Å². The van der Waals surface area contributed by atoms with Crippen LogP contribution in [-0.2, 0) is 11.2 Å². The fourth-order valence-electron chi connectivity index (χ4n) is 4.23. The SMILES string of the molecule is CCCN1CCN(C(=O)c2cnc(C)cn2)[C@H](Cc2ccccc2-c2ccccc2)C1=O. The molecule has 0 unspecified atom stereocenters. The van der Waals surface area contributed by atoms with Crippen LogP contribution in [0, 0.1) is 6.92 Å². The van der Waals surface area contributed by atoms with Crippen molar-refractivity contribution in [2.45, 2.75) is 32.7 Å². The average Bonchev–Trinajstić information content (AvgIpc) is 2.83. The molecule has 0 radical (unpaired) electrons. The molecule has 1 atom stereocenters. The molecule has 1 saturated heterocycles. The lowest BCUT2D eigenvalue weighted by Gasteiger charge is -2.40. The maximum absolute atomic E-state index is 13.5. The van der Waals surface area contributed by atoms with Crippen LogP contribution in [0.15, 0.2) is 67.0 Å². The van der Waals surface area contributed by atoms with Crippen molar-refractivity contribution in [2.75, 3.05) is 19.6 Å². The maximum Gasteiger partial charge on any atom is 0.274 e. The summed E-state index contributed by atoms with van der Waals surface area (Å²) in [5.41, 5.74) is 4.24. The van der Waals surface area contributed by atoms with E-state index in [1.165, 1.54) is 6.20 Å². The molecule has 3 aromatic rings. The summed E-state index contributed by atoms with van der Waals surface area (Å²) in [6.07, 6.45) is 4.42. The topological polar surface area (TPSA) is 66.4 Å². The molecule has 0 N–H and O–H groups in total. The predicted octanol–water partition coefficient (Wildman–Crippen LogP) is 3.76. The second-order valence-electron chi connectivity index (χ2n) is 8.11. The number of hydrogen-bond donors (Lipinski definition) is 0. The summed E-state index contributed by atoms with van der Waals surface area (Å²) in [4.78, 5) is 38.8. The van der Waals surface area contributed by atoms with Gasteiger partial charge in [-0.25, -0.2) is 4.98 Å². The van der Waals surface area contributed by atoms with E-state index in [9.17, 15) is 9.59 Å². The zero-order valence-electron chi connectivity index (χ0n) is 18.6. The van der Waals surface area contributed by atoms with E-state index in [1.54, 1.807) is 11.1 Å². The van der Waals surface area contributed by atoms with E-state index < -0.39 is 6.04 Å². The van der Waals surface area contributed by atoms with E-state index in [-0.39, 0.29) is 17.5 Å². The molecule has 0 saturated carbocycles. The number of carbonyl (C=O) groups excluding carboxylic acids is 2. The van der Waals surface area contributed by atoms with E-state index in [1.807, 2.05) is 48.2 Å². The Kier molecular flexibility index (Phi) is 6.59. The van der Waals surface area contributed by atoms with Crippen molar-refractivity contribution < 1.29 is 9.59 Å². The van der Waals surface area contributed by atoms with Gasteiger partial charge in [0.1, 0.15) is 11.7 Å². The third kappa shape index (κ3) is 4.54. The van der Waals surface area contributed by atoms with Crippen LogP contribution in [0.3, 0.4) is 0 Å². The molecule has 0 spiro atoms. The van der Waals surface area contributed by atoms with Gasteiger partial charge in [-0.2, -0.15) is 0 Å². The van der Waals surface area contributed by atoms with Crippen molar-refractivity contribution in [1.29, 1.82) is 0 Å². The molecule has 1 aliphatic rings. The second-order valence-corrected chi connectivity index (χ2v) is 8.11. The number of carbonyl (C=O) groups is 2. The highest BCUT2D eigenvalue weighted by Crippen LogP contribution is 2.27. The van der Waals surface area contributed by atoms with Gasteiger partial charge < -0.3 is 9.80 Å². The van der Waals surface area contributed by atoms with Gasteiger partial charge in [-0.15, -0.1) is 0 Å². The first-order chi connectivity index (χ1) is 15.6. The van der Waals surface area contributed by atoms with Crippen molar-refractivity contribution in [2.24, 2.45) is 0 Å². The monoisotopic (exact) mass is 428 g/mol. The zero-order chi connectivity index (χ0) is 22.5. The molecular weight excluding hydrogens is 400 g/mol. The van der Waals surface area contributed by atoms with Gasteiger partial charge in [0.2, 0.25) is 5.91 Å². The molecule has 2 aromatic carbocycles. The van der Waals surface area contributed by atoms with Crippen LogP contribution in [0.4, 0.5) is 0 Å². The van der Waals surface area contributed by atoms with Gasteiger partial charge >= 0.3 is 0 Å². The zero-order valence-corrected chi connectivity index (χ0v) is 18.6. The van der Waals surface area contributed by atoms with Crippen LogP contribution in [0.25, 0.3) is 11.1 Å². The molecule has 32 heavy (non-hydrogen) atoms. The Morgan fingerprint density at radius 2 is 1.75 bits per heavy atom. The molecule has 6 heteroatoms. The molecule has 1 aliphatic heterocycles. The van der Waals surface area contributed by atoms with E-state index >= 15 is 0 Å². The summed E-state index contributed by atoms with van der Waals surface area (Å²) >= 11 is 0. The lowest BCUT2D eigenvalue weighted by Crippen LogP contribution is -2.59. The first-order valence-electron chi connectivity index (χ1n) is 11.1. The molecular formula is C26H28N4O2. The van der Waals surface area contributed by atoms with Crippen LogP contribution < -0.4 is 0 Å². The van der Waals surface area contributed by atoms with Crippen LogP contribution in [0.2, 0.25) is 0 Å². The number of aryl methyl sites for hydroxylation is 1. The highest BCUT2D eigenvalue weighted by molar-refractivity contribution is 5.97. The third-order valence-corrected chi connectivity index (χ3v) is 5.85. The highest BCUT2D eigenvalue weighted by Gasteiger charge is 2.38. The van der Waals surface area contributed by atoms with E-state index in [0.29, 0.717) is 26.1 Å². The van der Waals surface area contributed by atoms with E-state index in [4.69, 9.17) is 0 Å². The minimum atomic E-state index is -0.573. The largest absolute Gasteiger partial charge is 0.339 e. The average molecular weight is 429 g/mol. The van der Waals surface area contributed by atoms with Gasteiger partial charge in [0.15, 0.2) is 0 Å². The summed E-state index contributed by atoms with van der Waals surface area (Å²) in [5.74, 6) is -0.251. The lowest BCUT2D eigenvalue weighted by molar-refractivity contribution is -0.140. The Balaban J connectivity index is 1.68. The molecule has 0 aliphatic carbocycles. The number of piperazine rings is 1. The Hall–Kier alpha value is -3.54. The molecule has 1 fully saturated rings. The van der Waals surface area contributed by atoms with Crippen LogP contribution in [0.1, 0.15) is 35.1 Å². The molecule has 164 valence electrons. The van der Waals surface area contributed by atoms with Gasteiger partial charge in [-0.3, -0.25) is 14.6 Å². The first kappa shape index (κ1) is 21.7. The quantitative estimate of drug-likeness (QED) is 0.600. The molecule has 2 amide bonds. The predicted molar refractivity (Wildman–Crippen MR) is 124 cm³/mol. The van der Waals surface area contributed by atoms with Crippen molar-refractivity contribution in [1.82, 2.24) is 19.8 Å². The normalized spacial score (nSPS) is 16.3. The number of aromatic nitrogens is 2. The molecule has 1 aromatic heterocycles. The Labute approximate surface area is 188 Å². The van der Waals surface area contributed by atoms with Crippen LogP contribution >= 0.6 is 0 Å². The Bertz CT molecular complexity index is 1080. The van der Waals surface area contributed by atoms with Gasteiger partial charge in [0, 0.05) is 32.3 Å². The summed E-state index contributed by atoms with van der Waals surface area (Å²) in [6.45, 7) is 5.61. The standard InChI is InChI=1S/C26H28N4O2/c1-3-13-29-14-15-30(25(31)23-18-27-19(2)17-28-23)24(26(29)32)16-21-11-7-8-12-22(21)20-9-5-4-6-10-20/h4-12,17-18,24H,3,13-16H2,1-2H3/t24-/m1/s1. The molecule has 4 rings (SSSR count). The minimum absolute atomic E-state index is 0.00520. The van der Waals surface area contributed by atoms with Gasteiger partial charge in [0.25, 0.3) is 5.91 Å². The minimum Gasteiger partial charge on any atom is -0.339 e. The summed E-state index contributed by atoms with van der Waals surface area (Å²) in [6, 6.07) is 17.7.